The predicted octanol–water partition coefficient (Wildman–Crippen LogP) is 2.99. The molecule has 0 bridgehead atoms. The molecule has 1 N–H and O–H groups in total. The van der Waals surface area contributed by atoms with Crippen LogP contribution >= 0.6 is 0 Å². The Labute approximate surface area is 145 Å². The van der Waals surface area contributed by atoms with Crippen molar-refractivity contribution in [2.75, 3.05) is 24.7 Å². The van der Waals surface area contributed by atoms with Crippen LogP contribution in [0, 0.1) is 5.92 Å². The van der Waals surface area contributed by atoms with Crippen molar-refractivity contribution < 1.29 is 4.79 Å². The van der Waals surface area contributed by atoms with Gasteiger partial charge in [-0.3, -0.25) is 4.79 Å². The van der Waals surface area contributed by atoms with Crippen molar-refractivity contribution in [2.24, 2.45) is 5.92 Å². The summed E-state index contributed by atoms with van der Waals surface area (Å²) in [6, 6.07) is 11.1. The molecule has 0 radical (unpaired) electrons. The number of likely N-dealkylation sites (tertiary alicyclic amines) is 1. The van der Waals surface area contributed by atoms with Gasteiger partial charge in [0.2, 0.25) is 5.91 Å². The molecule has 3 fully saturated rings. The van der Waals surface area contributed by atoms with Crippen LogP contribution in [0.25, 0.3) is 0 Å². The largest absolute Gasteiger partial charge is 0.339 e. The van der Waals surface area contributed by atoms with Gasteiger partial charge in [0.15, 0.2) is 0 Å². The third-order valence-electron chi connectivity index (χ3n) is 6.46. The molecule has 0 aromatic heterocycles. The first-order valence-corrected chi connectivity index (χ1v) is 9.54. The van der Waals surface area contributed by atoms with Crippen LogP contribution in [0.4, 0.5) is 5.69 Å². The minimum absolute atomic E-state index is 0.225. The normalized spacial score (nSPS) is 30.5. The van der Waals surface area contributed by atoms with Gasteiger partial charge in [-0.05, 0) is 43.7 Å². The number of carbonyl (C=O) groups excluding carboxylic acids is 1. The average molecular weight is 327 g/mol. The second-order valence-electron chi connectivity index (χ2n) is 7.92. The smallest absolute Gasteiger partial charge is 0.247 e. The molecule has 1 amide bonds. The number of carbonyl (C=O) groups is 1. The molecule has 1 saturated carbocycles. The SMILES string of the molecule is CC1CCCC(N2CCC3(CC2)C(=O)NCN3c2ccccc2)C1. The Bertz CT molecular complexity index is 580. The number of para-hydroxylation sites is 1. The van der Waals surface area contributed by atoms with Gasteiger partial charge in [-0.2, -0.15) is 0 Å². The van der Waals surface area contributed by atoms with E-state index in [1.807, 2.05) is 6.07 Å². The predicted molar refractivity (Wildman–Crippen MR) is 96.9 cm³/mol. The van der Waals surface area contributed by atoms with E-state index in [4.69, 9.17) is 0 Å². The van der Waals surface area contributed by atoms with Crippen LogP contribution in [0.1, 0.15) is 45.4 Å². The number of hydrogen-bond acceptors (Lipinski definition) is 3. The molecule has 2 saturated heterocycles. The number of anilines is 1. The third-order valence-corrected chi connectivity index (χ3v) is 6.46. The Hall–Kier alpha value is -1.55. The van der Waals surface area contributed by atoms with Gasteiger partial charge in [0.1, 0.15) is 5.54 Å². The molecule has 2 heterocycles. The van der Waals surface area contributed by atoms with Gasteiger partial charge >= 0.3 is 0 Å². The average Bonchev–Trinajstić information content (AvgIpc) is 2.93. The number of hydrogen-bond donors (Lipinski definition) is 1. The molecule has 1 spiro atoms. The van der Waals surface area contributed by atoms with Crippen molar-refractivity contribution >= 4 is 11.6 Å². The maximum absolute atomic E-state index is 12.7. The van der Waals surface area contributed by atoms with Gasteiger partial charge in [-0.15, -0.1) is 0 Å². The molecule has 4 heteroatoms. The Balaban J connectivity index is 1.49. The fourth-order valence-electron chi connectivity index (χ4n) is 5.03. The summed E-state index contributed by atoms with van der Waals surface area (Å²) in [6.07, 6.45) is 7.31. The topological polar surface area (TPSA) is 35.6 Å². The van der Waals surface area contributed by atoms with Crippen LogP contribution in [0.3, 0.4) is 0 Å². The van der Waals surface area contributed by atoms with Crippen LogP contribution in [-0.2, 0) is 4.79 Å². The van der Waals surface area contributed by atoms with Gasteiger partial charge in [0.25, 0.3) is 0 Å². The molecule has 3 aliphatic rings. The zero-order valence-corrected chi connectivity index (χ0v) is 14.7. The molecular formula is C20H29N3O. The van der Waals surface area contributed by atoms with Crippen LogP contribution in [0.2, 0.25) is 0 Å². The minimum Gasteiger partial charge on any atom is -0.339 e. The summed E-state index contributed by atoms with van der Waals surface area (Å²) in [4.78, 5) is 17.7. The van der Waals surface area contributed by atoms with Crippen molar-refractivity contribution in [2.45, 2.75) is 57.0 Å². The fraction of sp³-hybridized carbons (Fsp3) is 0.650. The second kappa shape index (κ2) is 6.40. The van der Waals surface area contributed by atoms with E-state index >= 15 is 0 Å². The highest BCUT2D eigenvalue weighted by Gasteiger charge is 2.50. The van der Waals surface area contributed by atoms with Crippen LogP contribution < -0.4 is 10.2 Å². The Kier molecular flexibility index (Phi) is 4.25. The number of piperidine rings is 1. The fourth-order valence-corrected chi connectivity index (χ4v) is 5.03. The van der Waals surface area contributed by atoms with Crippen LogP contribution in [0.15, 0.2) is 30.3 Å². The van der Waals surface area contributed by atoms with E-state index in [1.54, 1.807) is 0 Å². The maximum atomic E-state index is 12.7. The monoisotopic (exact) mass is 327 g/mol. The minimum atomic E-state index is -0.335. The van der Waals surface area contributed by atoms with Crippen molar-refractivity contribution in [3.8, 4) is 0 Å². The van der Waals surface area contributed by atoms with E-state index in [0.717, 1.165) is 43.6 Å². The van der Waals surface area contributed by atoms with E-state index in [-0.39, 0.29) is 11.4 Å². The summed E-state index contributed by atoms with van der Waals surface area (Å²) in [6.45, 7) is 5.13. The first kappa shape index (κ1) is 15.9. The molecule has 2 unspecified atom stereocenters. The van der Waals surface area contributed by atoms with Gasteiger partial charge in [-0.25, -0.2) is 0 Å². The van der Waals surface area contributed by atoms with Crippen LogP contribution in [-0.4, -0.2) is 42.1 Å². The molecule has 130 valence electrons. The molecule has 1 aromatic rings. The first-order chi connectivity index (χ1) is 11.7. The van der Waals surface area contributed by atoms with Crippen molar-refractivity contribution in [3.05, 3.63) is 30.3 Å². The molecule has 24 heavy (non-hydrogen) atoms. The van der Waals surface area contributed by atoms with Gasteiger partial charge in [0.05, 0.1) is 6.67 Å². The highest BCUT2D eigenvalue weighted by atomic mass is 16.2. The highest BCUT2D eigenvalue weighted by molar-refractivity contribution is 5.93. The summed E-state index contributed by atoms with van der Waals surface area (Å²) in [5.74, 6) is 1.08. The molecule has 1 aliphatic carbocycles. The summed E-state index contributed by atoms with van der Waals surface area (Å²) >= 11 is 0. The highest BCUT2D eigenvalue weighted by Crippen LogP contribution is 2.38. The number of rotatable bonds is 2. The summed E-state index contributed by atoms with van der Waals surface area (Å²) in [7, 11) is 0. The van der Waals surface area contributed by atoms with E-state index in [9.17, 15) is 4.79 Å². The number of benzene rings is 1. The molecular weight excluding hydrogens is 298 g/mol. The van der Waals surface area contributed by atoms with Gasteiger partial charge in [0, 0.05) is 24.8 Å². The summed E-state index contributed by atoms with van der Waals surface area (Å²) in [5.41, 5.74) is 0.827. The molecule has 2 atom stereocenters. The lowest BCUT2D eigenvalue weighted by atomic mass is 9.81. The number of nitrogens with one attached hydrogen (secondary N) is 1. The van der Waals surface area contributed by atoms with Crippen LogP contribution in [0.5, 0.6) is 0 Å². The van der Waals surface area contributed by atoms with E-state index < -0.39 is 0 Å². The quantitative estimate of drug-likeness (QED) is 0.907. The number of amides is 1. The number of nitrogens with zero attached hydrogens (tertiary/aromatic N) is 2. The zero-order valence-electron chi connectivity index (χ0n) is 14.7. The lowest BCUT2D eigenvalue weighted by Crippen LogP contribution is -2.58. The maximum Gasteiger partial charge on any atom is 0.247 e. The summed E-state index contributed by atoms with van der Waals surface area (Å²) in [5, 5.41) is 3.10. The van der Waals surface area contributed by atoms with Crippen molar-refractivity contribution in [1.82, 2.24) is 10.2 Å². The van der Waals surface area contributed by atoms with E-state index in [0.29, 0.717) is 6.67 Å². The Morgan fingerprint density at radius 3 is 2.58 bits per heavy atom. The molecule has 4 nitrogen and oxygen atoms in total. The van der Waals surface area contributed by atoms with Gasteiger partial charge in [-0.1, -0.05) is 38.0 Å². The third kappa shape index (κ3) is 2.71. The second-order valence-corrected chi connectivity index (χ2v) is 7.92. The lowest BCUT2D eigenvalue weighted by Gasteiger charge is -2.46. The standard InChI is InChI=1S/C20H29N3O/c1-16-6-5-9-18(14-16)22-12-10-20(11-13-22)19(24)21-15-23(20)17-7-3-2-4-8-17/h2-4,7-8,16,18H,5-6,9-15H2,1H3,(H,21,24). The first-order valence-electron chi connectivity index (χ1n) is 9.54. The molecule has 2 aliphatic heterocycles. The van der Waals surface area contributed by atoms with Crippen molar-refractivity contribution in [1.29, 1.82) is 0 Å². The molecule has 4 rings (SSSR count). The van der Waals surface area contributed by atoms with Crippen molar-refractivity contribution in [3.63, 3.8) is 0 Å². The molecule has 1 aromatic carbocycles. The lowest BCUT2D eigenvalue weighted by molar-refractivity contribution is -0.125. The van der Waals surface area contributed by atoms with E-state index in [2.05, 4.69) is 46.3 Å². The summed E-state index contributed by atoms with van der Waals surface area (Å²) < 4.78 is 0. The Morgan fingerprint density at radius 1 is 1.12 bits per heavy atom. The van der Waals surface area contributed by atoms with E-state index in [1.165, 1.54) is 25.7 Å². The zero-order chi connectivity index (χ0) is 16.6. The van der Waals surface area contributed by atoms with Gasteiger partial charge < -0.3 is 15.1 Å². The Morgan fingerprint density at radius 2 is 1.88 bits per heavy atom.